The smallest absolute Gasteiger partial charge is 0.224 e. The number of anilines is 3. The van der Waals surface area contributed by atoms with Gasteiger partial charge >= 0.3 is 0 Å². The Balaban J connectivity index is 2.34. The molecule has 0 saturated carbocycles. The lowest BCUT2D eigenvalue weighted by Crippen LogP contribution is -2.06. The van der Waals surface area contributed by atoms with Crippen LogP contribution in [0.3, 0.4) is 0 Å². The fourth-order valence-corrected chi connectivity index (χ4v) is 1.95. The van der Waals surface area contributed by atoms with Gasteiger partial charge in [0.1, 0.15) is 5.82 Å². The van der Waals surface area contributed by atoms with Gasteiger partial charge in [0, 0.05) is 12.2 Å². The van der Waals surface area contributed by atoms with Crippen LogP contribution in [-0.4, -0.2) is 16.5 Å². The molecule has 0 amide bonds. The fraction of sp³-hybridized carbons (Fsp3) is 0.231. The molecule has 0 unspecified atom stereocenters. The monoisotopic (exact) mass is 342 g/mol. The summed E-state index contributed by atoms with van der Waals surface area (Å²) in [5, 5.41) is 5.74. The van der Waals surface area contributed by atoms with Crippen LogP contribution < -0.4 is 10.6 Å². The molecule has 0 aliphatic carbocycles. The van der Waals surface area contributed by atoms with Gasteiger partial charge in [0.05, 0.1) is 10.7 Å². The van der Waals surface area contributed by atoms with Crippen molar-refractivity contribution in [3.05, 3.63) is 40.0 Å². The Hall–Kier alpha value is -1.76. The first-order chi connectivity index (χ1) is 9.51. The van der Waals surface area contributed by atoms with E-state index in [4.69, 9.17) is 0 Å². The minimum absolute atomic E-state index is 0.0394. The van der Waals surface area contributed by atoms with Gasteiger partial charge < -0.3 is 10.6 Å². The standard InChI is InChI=1S/C13H13BrF2N4/c1-3-17-13-18-6-10(16)12(20-13)19-11-5-8(14)9(15)4-7(11)2/h4-6H,3H2,1-2H3,(H2,17,18,19,20). The van der Waals surface area contributed by atoms with Crippen molar-refractivity contribution in [2.75, 3.05) is 17.2 Å². The lowest BCUT2D eigenvalue weighted by Gasteiger charge is -2.11. The summed E-state index contributed by atoms with van der Waals surface area (Å²) in [5.74, 6) is -0.580. The molecule has 2 aromatic rings. The summed E-state index contributed by atoms with van der Waals surface area (Å²) in [6.45, 7) is 4.25. The average molecular weight is 343 g/mol. The van der Waals surface area contributed by atoms with Gasteiger partial charge in [-0.25, -0.2) is 13.8 Å². The third-order valence-corrected chi connectivity index (χ3v) is 3.21. The van der Waals surface area contributed by atoms with Crippen LogP contribution in [0.15, 0.2) is 22.8 Å². The largest absolute Gasteiger partial charge is 0.354 e. The summed E-state index contributed by atoms with van der Waals surface area (Å²) in [6, 6.07) is 2.90. The van der Waals surface area contributed by atoms with Gasteiger partial charge in [0.2, 0.25) is 5.95 Å². The maximum atomic E-state index is 13.7. The molecule has 0 atom stereocenters. The molecule has 0 fully saturated rings. The Morgan fingerprint density at radius 1 is 1.25 bits per heavy atom. The van der Waals surface area contributed by atoms with E-state index < -0.39 is 5.82 Å². The average Bonchev–Trinajstić information content (AvgIpc) is 2.40. The molecule has 1 heterocycles. The highest BCUT2D eigenvalue weighted by molar-refractivity contribution is 9.10. The van der Waals surface area contributed by atoms with E-state index in [2.05, 4.69) is 36.5 Å². The van der Waals surface area contributed by atoms with Crippen LogP contribution in [0.1, 0.15) is 12.5 Å². The number of rotatable bonds is 4. The maximum Gasteiger partial charge on any atom is 0.224 e. The first-order valence-electron chi connectivity index (χ1n) is 6.00. The number of nitrogens with zero attached hydrogens (tertiary/aromatic N) is 2. The highest BCUT2D eigenvalue weighted by Crippen LogP contribution is 2.27. The molecular formula is C13H13BrF2N4. The maximum absolute atomic E-state index is 13.7. The zero-order valence-electron chi connectivity index (χ0n) is 11.0. The topological polar surface area (TPSA) is 49.8 Å². The molecule has 7 heteroatoms. The Labute approximate surface area is 123 Å². The minimum atomic E-state index is -0.577. The molecule has 0 bridgehead atoms. The molecule has 2 N–H and O–H groups in total. The summed E-state index contributed by atoms with van der Waals surface area (Å²) in [7, 11) is 0. The van der Waals surface area contributed by atoms with Crippen LogP contribution in [-0.2, 0) is 0 Å². The van der Waals surface area contributed by atoms with E-state index >= 15 is 0 Å². The summed E-state index contributed by atoms with van der Waals surface area (Å²) in [6.07, 6.45) is 1.08. The second-order valence-corrected chi connectivity index (χ2v) is 4.98. The van der Waals surface area contributed by atoms with Gasteiger partial charge in [0.15, 0.2) is 11.6 Å². The van der Waals surface area contributed by atoms with E-state index in [1.165, 1.54) is 6.07 Å². The normalized spacial score (nSPS) is 10.4. The third kappa shape index (κ3) is 3.22. The van der Waals surface area contributed by atoms with Gasteiger partial charge in [0.25, 0.3) is 0 Å². The molecule has 0 aliphatic rings. The molecule has 0 radical (unpaired) electrons. The molecule has 106 valence electrons. The molecule has 4 nitrogen and oxygen atoms in total. The number of aryl methyl sites for hydroxylation is 1. The molecule has 1 aromatic heterocycles. The van der Waals surface area contributed by atoms with Crippen LogP contribution in [0.4, 0.5) is 26.2 Å². The number of halogens is 3. The lowest BCUT2D eigenvalue weighted by atomic mass is 10.2. The first kappa shape index (κ1) is 14.6. The summed E-state index contributed by atoms with van der Waals surface area (Å²) < 4.78 is 27.4. The van der Waals surface area contributed by atoms with E-state index in [0.29, 0.717) is 28.2 Å². The number of hydrogen-bond acceptors (Lipinski definition) is 4. The van der Waals surface area contributed by atoms with Crippen LogP contribution in [0, 0.1) is 18.6 Å². The zero-order chi connectivity index (χ0) is 14.7. The second kappa shape index (κ2) is 6.13. The second-order valence-electron chi connectivity index (χ2n) is 4.13. The van der Waals surface area contributed by atoms with Gasteiger partial charge in [-0.3, -0.25) is 0 Å². The van der Waals surface area contributed by atoms with Crippen molar-refractivity contribution in [3.63, 3.8) is 0 Å². The van der Waals surface area contributed by atoms with Crippen LogP contribution in [0.5, 0.6) is 0 Å². The Kier molecular flexibility index (Phi) is 4.49. The predicted octanol–water partition coefficient (Wildman–Crippen LogP) is 4.00. The summed E-state index contributed by atoms with van der Waals surface area (Å²) >= 11 is 3.10. The first-order valence-corrected chi connectivity index (χ1v) is 6.79. The number of nitrogens with one attached hydrogen (secondary N) is 2. The third-order valence-electron chi connectivity index (χ3n) is 2.60. The van der Waals surface area contributed by atoms with Crippen LogP contribution in [0.25, 0.3) is 0 Å². The molecule has 0 spiro atoms. The Morgan fingerprint density at radius 3 is 2.70 bits per heavy atom. The molecular weight excluding hydrogens is 330 g/mol. The van der Waals surface area contributed by atoms with Crippen molar-refractivity contribution in [2.45, 2.75) is 13.8 Å². The molecule has 2 rings (SSSR count). The van der Waals surface area contributed by atoms with Gasteiger partial charge in [-0.05, 0) is 47.5 Å². The van der Waals surface area contributed by atoms with Gasteiger partial charge in [-0.2, -0.15) is 4.98 Å². The summed E-state index contributed by atoms with van der Waals surface area (Å²) in [4.78, 5) is 7.85. The molecule has 1 aromatic carbocycles. The Bertz CT molecular complexity index is 634. The van der Waals surface area contributed by atoms with Crippen molar-refractivity contribution in [1.29, 1.82) is 0 Å². The van der Waals surface area contributed by atoms with Crippen LogP contribution in [0.2, 0.25) is 0 Å². The minimum Gasteiger partial charge on any atom is -0.354 e. The molecule has 20 heavy (non-hydrogen) atoms. The number of benzene rings is 1. The van der Waals surface area contributed by atoms with E-state index in [9.17, 15) is 8.78 Å². The van der Waals surface area contributed by atoms with E-state index in [1.54, 1.807) is 13.0 Å². The number of hydrogen-bond donors (Lipinski definition) is 2. The van der Waals surface area contributed by atoms with Crippen molar-refractivity contribution in [1.82, 2.24) is 9.97 Å². The molecule has 0 aliphatic heterocycles. The van der Waals surface area contributed by atoms with Gasteiger partial charge in [-0.1, -0.05) is 0 Å². The van der Waals surface area contributed by atoms with Crippen molar-refractivity contribution >= 4 is 33.4 Å². The van der Waals surface area contributed by atoms with Crippen LogP contribution >= 0.6 is 15.9 Å². The Morgan fingerprint density at radius 2 is 2.00 bits per heavy atom. The van der Waals surface area contributed by atoms with E-state index in [-0.39, 0.29) is 11.6 Å². The van der Waals surface area contributed by atoms with Gasteiger partial charge in [-0.15, -0.1) is 0 Å². The highest BCUT2D eigenvalue weighted by Gasteiger charge is 2.10. The quantitative estimate of drug-likeness (QED) is 0.881. The highest BCUT2D eigenvalue weighted by atomic mass is 79.9. The van der Waals surface area contributed by atoms with E-state index in [1.807, 2.05) is 6.92 Å². The van der Waals surface area contributed by atoms with Crippen molar-refractivity contribution in [3.8, 4) is 0 Å². The predicted molar refractivity (Wildman–Crippen MR) is 78.3 cm³/mol. The lowest BCUT2D eigenvalue weighted by molar-refractivity contribution is 0.618. The molecule has 0 saturated heterocycles. The fourth-order valence-electron chi connectivity index (χ4n) is 1.61. The van der Waals surface area contributed by atoms with Crippen molar-refractivity contribution in [2.24, 2.45) is 0 Å². The SMILES string of the molecule is CCNc1ncc(F)c(Nc2cc(Br)c(F)cc2C)n1. The summed E-state index contributed by atoms with van der Waals surface area (Å²) in [5.41, 5.74) is 1.21. The van der Waals surface area contributed by atoms with Crippen molar-refractivity contribution < 1.29 is 8.78 Å². The zero-order valence-corrected chi connectivity index (χ0v) is 12.6. The number of aromatic nitrogens is 2. The van der Waals surface area contributed by atoms with E-state index in [0.717, 1.165) is 6.20 Å².